The van der Waals surface area contributed by atoms with Crippen LogP contribution in [0.4, 0.5) is 17.1 Å². The highest BCUT2D eigenvalue weighted by Crippen LogP contribution is 2.27. The number of ether oxygens (including phenoxy) is 1. The van der Waals surface area contributed by atoms with Gasteiger partial charge in [0, 0.05) is 41.5 Å². The van der Waals surface area contributed by atoms with Crippen LogP contribution in [0.5, 0.6) is 5.75 Å². The Bertz CT molecular complexity index is 1490. The summed E-state index contributed by atoms with van der Waals surface area (Å²) in [6.07, 6.45) is 3.22. The summed E-state index contributed by atoms with van der Waals surface area (Å²) < 4.78 is 6.59. The van der Waals surface area contributed by atoms with E-state index in [0.717, 1.165) is 11.8 Å². The standard InChI is InChI=1S/C26H25N7O5S/c1-16-14-20(33(36)37)6-9-22(16)29-25(35)17(2)32-26(30-24(31-32)18-10-12-27-13-11-18)39-15-23(34)28-19-4-7-21(38-3)8-5-19/h4-14,17H,15H2,1-3H3,(H,28,34)(H,29,35)/t17-/m1/s1. The molecule has 1 atom stereocenters. The highest BCUT2D eigenvalue weighted by Gasteiger charge is 2.24. The number of hydrogen-bond donors (Lipinski definition) is 2. The molecule has 13 heteroatoms. The van der Waals surface area contributed by atoms with Gasteiger partial charge in [0.1, 0.15) is 11.8 Å². The number of amides is 2. The maximum atomic E-state index is 13.2. The van der Waals surface area contributed by atoms with Crippen molar-refractivity contribution in [2.24, 2.45) is 0 Å². The zero-order valence-electron chi connectivity index (χ0n) is 21.3. The molecule has 0 saturated heterocycles. The summed E-state index contributed by atoms with van der Waals surface area (Å²) in [4.78, 5) is 44.9. The molecule has 2 aromatic heterocycles. The number of hydrogen-bond acceptors (Lipinski definition) is 9. The largest absolute Gasteiger partial charge is 0.497 e. The van der Waals surface area contributed by atoms with Crippen molar-refractivity contribution in [2.45, 2.75) is 25.0 Å². The molecular weight excluding hydrogens is 522 g/mol. The monoisotopic (exact) mass is 547 g/mol. The number of methoxy groups -OCH3 is 1. The van der Waals surface area contributed by atoms with E-state index in [-0.39, 0.29) is 17.3 Å². The molecule has 0 fully saturated rings. The fourth-order valence-corrected chi connectivity index (χ4v) is 4.35. The Morgan fingerprint density at radius 1 is 1.10 bits per heavy atom. The van der Waals surface area contributed by atoms with E-state index in [1.165, 1.54) is 22.9 Å². The van der Waals surface area contributed by atoms with E-state index in [2.05, 4.69) is 25.7 Å². The van der Waals surface area contributed by atoms with Crippen molar-refractivity contribution < 1.29 is 19.2 Å². The van der Waals surface area contributed by atoms with E-state index in [0.29, 0.717) is 39.2 Å². The average molecular weight is 548 g/mol. The highest BCUT2D eigenvalue weighted by atomic mass is 32.2. The molecule has 2 heterocycles. The third-order valence-electron chi connectivity index (χ3n) is 5.67. The molecule has 0 aliphatic rings. The quantitative estimate of drug-likeness (QED) is 0.166. The van der Waals surface area contributed by atoms with Crippen LogP contribution < -0.4 is 15.4 Å². The van der Waals surface area contributed by atoms with Gasteiger partial charge in [-0.25, -0.2) is 9.67 Å². The Morgan fingerprint density at radius 3 is 2.46 bits per heavy atom. The number of thioether (sulfide) groups is 1. The lowest BCUT2D eigenvalue weighted by Crippen LogP contribution is -2.25. The fourth-order valence-electron chi connectivity index (χ4n) is 3.53. The number of benzene rings is 2. The van der Waals surface area contributed by atoms with Crippen LogP contribution in [-0.2, 0) is 9.59 Å². The molecule has 2 amide bonds. The number of aryl methyl sites for hydroxylation is 1. The Kier molecular flexibility index (Phi) is 8.51. The van der Waals surface area contributed by atoms with E-state index in [1.807, 2.05) is 0 Å². The molecule has 0 unspecified atom stereocenters. The molecule has 0 aliphatic carbocycles. The molecule has 4 aromatic rings. The highest BCUT2D eigenvalue weighted by molar-refractivity contribution is 7.99. The van der Waals surface area contributed by atoms with E-state index in [4.69, 9.17) is 4.74 Å². The van der Waals surface area contributed by atoms with Gasteiger partial charge in [0.05, 0.1) is 17.8 Å². The third kappa shape index (κ3) is 6.76. The molecule has 39 heavy (non-hydrogen) atoms. The lowest BCUT2D eigenvalue weighted by Gasteiger charge is -2.15. The van der Waals surface area contributed by atoms with Crippen molar-refractivity contribution >= 4 is 40.6 Å². The van der Waals surface area contributed by atoms with Crippen molar-refractivity contribution in [3.05, 3.63) is 82.7 Å². The van der Waals surface area contributed by atoms with Crippen LogP contribution in [0.1, 0.15) is 18.5 Å². The number of non-ortho nitro benzene ring substituents is 1. The maximum Gasteiger partial charge on any atom is 0.269 e. The summed E-state index contributed by atoms with van der Waals surface area (Å²) in [7, 11) is 1.56. The summed E-state index contributed by atoms with van der Waals surface area (Å²) in [5, 5.41) is 21.6. The number of nitrogens with zero attached hydrogens (tertiary/aromatic N) is 5. The van der Waals surface area contributed by atoms with Gasteiger partial charge in [0.2, 0.25) is 11.8 Å². The van der Waals surface area contributed by atoms with Crippen molar-refractivity contribution in [3.63, 3.8) is 0 Å². The maximum absolute atomic E-state index is 13.2. The molecule has 12 nitrogen and oxygen atoms in total. The van der Waals surface area contributed by atoms with Crippen LogP contribution in [0.25, 0.3) is 11.4 Å². The smallest absolute Gasteiger partial charge is 0.269 e. The van der Waals surface area contributed by atoms with Gasteiger partial charge >= 0.3 is 0 Å². The zero-order valence-corrected chi connectivity index (χ0v) is 22.1. The number of pyridine rings is 1. The molecule has 4 rings (SSSR count). The van der Waals surface area contributed by atoms with Crippen molar-refractivity contribution in [1.82, 2.24) is 19.7 Å². The summed E-state index contributed by atoms with van der Waals surface area (Å²) in [6.45, 7) is 3.33. The first-order valence-electron chi connectivity index (χ1n) is 11.7. The Balaban J connectivity index is 1.52. The molecule has 0 spiro atoms. The molecule has 0 radical (unpaired) electrons. The van der Waals surface area contributed by atoms with E-state index in [9.17, 15) is 19.7 Å². The normalized spacial score (nSPS) is 11.5. The van der Waals surface area contributed by atoms with Gasteiger partial charge in [-0.15, -0.1) is 5.10 Å². The number of nitro groups is 1. The second-order valence-corrected chi connectivity index (χ2v) is 9.33. The lowest BCUT2D eigenvalue weighted by molar-refractivity contribution is -0.384. The molecule has 200 valence electrons. The van der Waals surface area contributed by atoms with E-state index < -0.39 is 16.9 Å². The van der Waals surface area contributed by atoms with Crippen molar-refractivity contribution in [1.29, 1.82) is 0 Å². The van der Waals surface area contributed by atoms with Gasteiger partial charge in [-0.1, -0.05) is 11.8 Å². The Hall–Kier alpha value is -4.78. The van der Waals surface area contributed by atoms with Gasteiger partial charge in [-0.2, -0.15) is 0 Å². The van der Waals surface area contributed by atoms with Crippen LogP contribution in [0.2, 0.25) is 0 Å². The van der Waals surface area contributed by atoms with E-state index in [1.54, 1.807) is 69.7 Å². The predicted octanol–water partition coefficient (Wildman–Crippen LogP) is 4.50. The topological polar surface area (TPSA) is 154 Å². The number of nitro benzene ring substituents is 1. The fraction of sp³-hybridized carbons (Fsp3) is 0.192. The molecule has 0 aliphatic heterocycles. The number of carbonyl (C=O) groups is 2. The molecule has 0 bridgehead atoms. The van der Waals surface area contributed by atoms with Crippen LogP contribution in [0.3, 0.4) is 0 Å². The van der Waals surface area contributed by atoms with Gasteiger partial charge in [-0.05, 0) is 61.9 Å². The average Bonchev–Trinajstić information content (AvgIpc) is 3.37. The minimum atomic E-state index is -0.810. The van der Waals surface area contributed by atoms with Crippen LogP contribution >= 0.6 is 11.8 Å². The van der Waals surface area contributed by atoms with Crippen molar-refractivity contribution in [2.75, 3.05) is 23.5 Å². The first-order valence-corrected chi connectivity index (χ1v) is 12.7. The van der Waals surface area contributed by atoms with Crippen LogP contribution in [-0.4, -0.2) is 49.3 Å². The Labute approximate surface area is 228 Å². The Morgan fingerprint density at radius 2 is 1.82 bits per heavy atom. The van der Waals surface area contributed by atoms with E-state index >= 15 is 0 Å². The molecule has 0 saturated carbocycles. The van der Waals surface area contributed by atoms with Crippen LogP contribution in [0, 0.1) is 17.0 Å². The lowest BCUT2D eigenvalue weighted by atomic mass is 10.1. The third-order valence-corrected chi connectivity index (χ3v) is 6.61. The number of rotatable bonds is 10. The molecule has 2 N–H and O–H groups in total. The SMILES string of the molecule is COc1ccc(NC(=O)CSc2nc(-c3ccncc3)nn2[C@H](C)C(=O)Nc2ccc([N+](=O)[O-])cc2C)cc1. The van der Waals surface area contributed by atoms with Crippen LogP contribution in [0.15, 0.2) is 72.1 Å². The minimum Gasteiger partial charge on any atom is -0.497 e. The first-order chi connectivity index (χ1) is 18.7. The number of carbonyl (C=O) groups excluding carboxylic acids is 2. The molecular formula is C26H25N7O5S. The van der Waals surface area contributed by atoms with Gasteiger partial charge in [-0.3, -0.25) is 24.7 Å². The summed E-state index contributed by atoms with van der Waals surface area (Å²) >= 11 is 1.14. The van der Waals surface area contributed by atoms with Gasteiger partial charge in [0.15, 0.2) is 11.0 Å². The van der Waals surface area contributed by atoms with Crippen molar-refractivity contribution in [3.8, 4) is 17.1 Å². The second-order valence-electron chi connectivity index (χ2n) is 8.39. The summed E-state index contributed by atoms with van der Waals surface area (Å²) in [5.74, 6) is 0.416. The number of anilines is 2. The summed E-state index contributed by atoms with van der Waals surface area (Å²) in [6, 6.07) is 13.8. The number of nitrogens with one attached hydrogen (secondary N) is 2. The van der Waals surface area contributed by atoms with Gasteiger partial charge in [0.25, 0.3) is 5.69 Å². The minimum absolute atomic E-state index is 0.0241. The second kappa shape index (κ2) is 12.2. The zero-order chi connectivity index (χ0) is 27.9. The number of aromatic nitrogens is 4. The van der Waals surface area contributed by atoms with Gasteiger partial charge < -0.3 is 15.4 Å². The first kappa shape index (κ1) is 27.3. The predicted molar refractivity (Wildman–Crippen MR) is 147 cm³/mol. The molecule has 2 aromatic carbocycles. The summed E-state index contributed by atoms with van der Waals surface area (Å²) in [5.41, 5.74) is 2.24.